The summed E-state index contributed by atoms with van der Waals surface area (Å²) in [5.74, 6) is 0. The molecule has 2 radical (unpaired) electrons. The van der Waals surface area contributed by atoms with Crippen LogP contribution in [-0.4, -0.2) is 34.4 Å². The van der Waals surface area contributed by atoms with E-state index in [-0.39, 0.29) is 26.3 Å². The van der Waals surface area contributed by atoms with Gasteiger partial charge in [0.2, 0.25) is 0 Å². The van der Waals surface area contributed by atoms with E-state index in [1.54, 1.807) is 15.5 Å². The van der Waals surface area contributed by atoms with Gasteiger partial charge in [-0.1, -0.05) is 0 Å². The monoisotopic (exact) mass is 377 g/mol. The second-order valence-corrected chi connectivity index (χ2v) is 14.9. The second-order valence-electron chi connectivity index (χ2n) is 10.2. The van der Waals surface area contributed by atoms with Crippen molar-refractivity contribution < 1.29 is 0 Å². The van der Waals surface area contributed by atoms with E-state index >= 15 is 0 Å². The van der Waals surface area contributed by atoms with Crippen LogP contribution in [0, 0.1) is 0 Å². The Labute approximate surface area is 151 Å². The number of benzene rings is 1. The summed E-state index contributed by atoms with van der Waals surface area (Å²) in [6.45, 7) is 22.3. The third-order valence-corrected chi connectivity index (χ3v) is 7.22. The van der Waals surface area contributed by atoms with Gasteiger partial charge in [0.15, 0.2) is 0 Å². The predicted octanol–water partition coefficient (Wildman–Crippen LogP) is 4.89. The topological polar surface area (TPSA) is 3.24 Å². The van der Waals surface area contributed by atoms with Gasteiger partial charge in [-0.3, -0.25) is 0 Å². The SMILES string of the molecule is CN(C)Cc1cc(C(C)(C)C)cc(C(C)(C)C)[c]1[Ge][C](C)(C)C. The molecule has 0 N–H and O–H groups in total. The fourth-order valence-corrected chi connectivity index (χ4v) is 6.16. The first-order valence-electron chi connectivity index (χ1n) is 8.72. The summed E-state index contributed by atoms with van der Waals surface area (Å²) in [5.41, 5.74) is 5.01. The van der Waals surface area contributed by atoms with Crippen LogP contribution in [0.25, 0.3) is 0 Å². The molecular formula is C21H37GeN. The Kier molecular flexibility index (Phi) is 6.25. The van der Waals surface area contributed by atoms with Crippen molar-refractivity contribution in [2.45, 2.75) is 83.9 Å². The minimum atomic E-state index is -0.193. The van der Waals surface area contributed by atoms with E-state index < -0.39 is 0 Å². The molecule has 0 aliphatic rings. The Morgan fingerprint density at radius 3 is 1.70 bits per heavy atom. The van der Waals surface area contributed by atoms with Gasteiger partial charge in [-0.05, 0) is 0 Å². The van der Waals surface area contributed by atoms with Crippen LogP contribution in [0.15, 0.2) is 12.1 Å². The molecule has 0 aliphatic carbocycles. The molecule has 23 heavy (non-hydrogen) atoms. The summed E-state index contributed by atoms with van der Waals surface area (Å²) in [4.78, 5) is 2.31. The van der Waals surface area contributed by atoms with Gasteiger partial charge in [-0.2, -0.15) is 0 Å². The quantitative estimate of drug-likeness (QED) is 0.679. The molecule has 0 fully saturated rings. The van der Waals surface area contributed by atoms with Crippen molar-refractivity contribution in [3.63, 3.8) is 0 Å². The van der Waals surface area contributed by atoms with E-state index in [1.165, 1.54) is 5.56 Å². The molecule has 1 aromatic carbocycles. The van der Waals surface area contributed by atoms with Gasteiger partial charge in [-0.15, -0.1) is 0 Å². The van der Waals surface area contributed by atoms with Crippen LogP contribution >= 0.6 is 0 Å². The fourth-order valence-electron chi connectivity index (χ4n) is 2.71. The third-order valence-electron chi connectivity index (χ3n) is 3.88. The molecule has 0 amide bonds. The molecule has 130 valence electrons. The molecule has 1 nitrogen and oxygen atoms in total. The normalized spacial score (nSPS) is 13.7. The molecule has 2 heteroatoms. The van der Waals surface area contributed by atoms with Crippen LogP contribution in [0.1, 0.15) is 79.0 Å². The summed E-state index contributed by atoms with van der Waals surface area (Å²) in [7, 11) is 4.36. The van der Waals surface area contributed by atoms with Crippen molar-refractivity contribution in [1.29, 1.82) is 0 Å². The molecule has 0 spiro atoms. The molecule has 0 atom stereocenters. The van der Waals surface area contributed by atoms with E-state index in [0.717, 1.165) is 6.54 Å². The van der Waals surface area contributed by atoms with Crippen LogP contribution in [0.4, 0.5) is 0 Å². The van der Waals surface area contributed by atoms with Gasteiger partial charge in [-0.25, -0.2) is 0 Å². The third kappa shape index (κ3) is 6.27. The average molecular weight is 376 g/mol. The van der Waals surface area contributed by atoms with Gasteiger partial charge < -0.3 is 0 Å². The number of nitrogens with zero attached hydrogens (tertiary/aromatic N) is 1. The summed E-state index contributed by atoms with van der Waals surface area (Å²) in [5, 5.41) is 0. The van der Waals surface area contributed by atoms with E-state index in [0.29, 0.717) is 4.25 Å². The van der Waals surface area contributed by atoms with Crippen LogP contribution in [-0.2, 0) is 17.4 Å². The number of hydrogen-bond acceptors (Lipinski definition) is 1. The average Bonchev–Trinajstić information content (AvgIpc) is 2.25. The molecule has 0 heterocycles. The van der Waals surface area contributed by atoms with Crippen molar-refractivity contribution in [1.82, 2.24) is 4.90 Å². The first-order valence-corrected chi connectivity index (χ1v) is 10.8. The first kappa shape index (κ1) is 20.8. The van der Waals surface area contributed by atoms with Gasteiger partial charge in [0.25, 0.3) is 0 Å². The van der Waals surface area contributed by atoms with Crippen LogP contribution in [0.2, 0.25) is 4.25 Å². The zero-order valence-corrected chi connectivity index (χ0v) is 19.4. The van der Waals surface area contributed by atoms with Crippen molar-refractivity contribution >= 4 is 19.8 Å². The van der Waals surface area contributed by atoms with Crippen molar-refractivity contribution in [3.8, 4) is 0 Å². The van der Waals surface area contributed by atoms with E-state index in [9.17, 15) is 0 Å². The van der Waals surface area contributed by atoms with Crippen molar-refractivity contribution in [3.05, 3.63) is 28.8 Å². The molecule has 1 rings (SSSR count). The maximum atomic E-state index is 2.50. The second kappa shape index (κ2) is 6.92. The molecule has 0 aliphatic heterocycles. The molecule has 0 unspecified atom stereocenters. The Morgan fingerprint density at radius 2 is 1.35 bits per heavy atom. The molecule has 1 aromatic rings. The van der Waals surface area contributed by atoms with Gasteiger partial charge in [0.1, 0.15) is 0 Å². The van der Waals surface area contributed by atoms with E-state index in [1.807, 2.05) is 0 Å². The molecule has 0 saturated heterocycles. The predicted molar refractivity (Wildman–Crippen MR) is 106 cm³/mol. The number of rotatable bonds is 3. The summed E-state index contributed by atoms with van der Waals surface area (Å²) < 4.78 is 2.11. The summed E-state index contributed by atoms with van der Waals surface area (Å²) >= 11 is -0.193. The van der Waals surface area contributed by atoms with Crippen molar-refractivity contribution in [2.75, 3.05) is 14.1 Å². The zero-order chi connectivity index (χ0) is 18.2. The van der Waals surface area contributed by atoms with Gasteiger partial charge in [0.05, 0.1) is 0 Å². The van der Waals surface area contributed by atoms with Crippen LogP contribution in [0.3, 0.4) is 0 Å². The van der Waals surface area contributed by atoms with Crippen LogP contribution in [0.5, 0.6) is 0 Å². The maximum absolute atomic E-state index is 2.50. The molecule has 0 bridgehead atoms. The zero-order valence-electron chi connectivity index (χ0n) is 17.3. The Balaban J connectivity index is 3.66. The summed E-state index contributed by atoms with van der Waals surface area (Å²) in [6.07, 6.45) is 0. The first-order chi connectivity index (χ1) is 10.1. The Hall–Kier alpha value is -0.277. The number of hydrogen-bond donors (Lipinski definition) is 0. The van der Waals surface area contributed by atoms with Crippen LogP contribution < -0.4 is 4.40 Å². The standard InChI is InChI=1S/C21H37GeN/c1-19(2,3)16-12-15(14-23(10)11)18(22-21(7,8)9)17(13-16)20(4,5)6/h12-13H,14H2,1-11H3. The summed E-state index contributed by atoms with van der Waals surface area (Å²) in [6, 6.07) is 4.99. The van der Waals surface area contributed by atoms with Gasteiger partial charge in [0, 0.05) is 0 Å². The molecular weight excluding hydrogens is 339 g/mol. The van der Waals surface area contributed by atoms with E-state index in [4.69, 9.17) is 0 Å². The van der Waals surface area contributed by atoms with Crippen molar-refractivity contribution in [2.24, 2.45) is 0 Å². The fraction of sp³-hybridized carbons (Fsp3) is 0.714. The minimum absolute atomic E-state index is 0.193. The molecule has 0 saturated carbocycles. The van der Waals surface area contributed by atoms with E-state index in [2.05, 4.69) is 93.4 Å². The van der Waals surface area contributed by atoms with Gasteiger partial charge >= 0.3 is 152 Å². The molecule has 0 aromatic heterocycles. The Bertz CT molecular complexity index is 537. The Morgan fingerprint density at radius 1 is 0.826 bits per heavy atom.